The molecule has 0 spiro atoms. The molecule has 0 radical (unpaired) electrons. The molecule has 2 amide bonds. The van der Waals surface area contributed by atoms with E-state index in [1.165, 1.54) is 6.07 Å². The second kappa shape index (κ2) is 9.34. The number of hydrogen-bond donors (Lipinski definition) is 2. The van der Waals surface area contributed by atoms with Crippen molar-refractivity contribution < 1.29 is 23.0 Å². The Balaban J connectivity index is 1.62. The average Bonchev–Trinajstić information content (AvgIpc) is 3.16. The standard InChI is InChI=1S/C20H23F2N3O3/c1-13-6-4-10-16(28-19(21)22)17(13)25-20(26)24-12-14-7-5-11-23-18(14)27-15-8-2-3-9-15/h4-7,10-11,15,19H,2-3,8-9,12H2,1H3,(H2,24,25,26). The van der Waals surface area contributed by atoms with Crippen LogP contribution in [0.3, 0.4) is 0 Å². The summed E-state index contributed by atoms with van der Waals surface area (Å²) in [5, 5.41) is 5.28. The van der Waals surface area contributed by atoms with Crippen molar-refractivity contribution in [3.63, 3.8) is 0 Å². The van der Waals surface area contributed by atoms with E-state index in [1.54, 1.807) is 31.3 Å². The zero-order chi connectivity index (χ0) is 19.9. The Hall–Kier alpha value is -2.90. The molecule has 6 nitrogen and oxygen atoms in total. The van der Waals surface area contributed by atoms with Crippen LogP contribution in [0.1, 0.15) is 36.8 Å². The highest BCUT2D eigenvalue weighted by molar-refractivity contribution is 5.91. The number of rotatable bonds is 7. The summed E-state index contributed by atoms with van der Waals surface area (Å²) < 4.78 is 35.6. The lowest BCUT2D eigenvalue weighted by atomic mass is 10.2. The minimum atomic E-state index is -2.98. The number of ether oxygens (including phenoxy) is 2. The van der Waals surface area contributed by atoms with Gasteiger partial charge in [0.25, 0.3) is 0 Å². The summed E-state index contributed by atoms with van der Waals surface area (Å²) in [4.78, 5) is 16.6. The third-order valence-electron chi connectivity index (χ3n) is 4.56. The van der Waals surface area contributed by atoms with E-state index in [0.29, 0.717) is 11.4 Å². The van der Waals surface area contributed by atoms with E-state index in [1.807, 2.05) is 6.07 Å². The SMILES string of the molecule is Cc1cccc(OC(F)F)c1NC(=O)NCc1cccnc1OC1CCCC1. The van der Waals surface area contributed by atoms with Gasteiger partial charge in [-0.1, -0.05) is 18.2 Å². The first-order valence-corrected chi connectivity index (χ1v) is 9.22. The maximum atomic E-state index is 12.6. The fourth-order valence-electron chi connectivity index (χ4n) is 3.16. The van der Waals surface area contributed by atoms with Gasteiger partial charge in [-0.2, -0.15) is 8.78 Å². The minimum Gasteiger partial charge on any atom is -0.474 e. The molecule has 1 aromatic carbocycles. The Kier molecular flexibility index (Phi) is 6.62. The van der Waals surface area contributed by atoms with Gasteiger partial charge in [0, 0.05) is 18.3 Å². The summed E-state index contributed by atoms with van der Waals surface area (Å²) in [6.45, 7) is -1.09. The molecular weight excluding hydrogens is 368 g/mol. The molecule has 150 valence electrons. The largest absolute Gasteiger partial charge is 0.474 e. The van der Waals surface area contributed by atoms with E-state index in [2.05, 4.69) is 20.4 Å². The maximum absolute atomic E-state index is 12.6. The van der Waals surface area contributed by atoms with Gasteiger partial charge in [0.05, 0.1) is 5.69 Å². The van der Waals surface area contributed by atoms with Crippen LogP contribution in [-0.2, 0) is 6.54 Å². The van der Waals surface area contributed by atoms with Gasteiger partial charge in [0.1, 0.15) is 11.9 Å². The van der Waals surface area contributed by atoms with Crippen LogP contribution in [0.25, 0.3) is 0 Å². The second-order valence-electron chi connectivity index (χ2n) is 6.63. The molecule has 0 bridgehead atoms. The fraction of sp³-hybridized carbons (Fsp3) is 0.400. The Morgan fingerprint density at radius 1 is 1.25 bits per heavy atom. The molecule has 1 heterocycles. The second-order valence-corrected chi connectivity index (χ2v) is 6.63. The van der Waals surface area contributed by atoms with Crippen LogP contribution in [0.5, 0.6) is 11.6 Å². The molecule has 1 saturated carbocycles. The number of amides is 2. The summed E-state index contributed by atoms with van der Waals surface area (Å²) in [6, 6.07) is 7.72. The van der Waals surface area contributed by atoms with Crippen LogP contribution in [0.4, 0.5) is 19.3 Å². The molecule has 1 aliphatic carbocycles. The fourth-order valence-corrected chi connectivity index (χ4v) is 3.16. The molecular formula is C20H23F2N3O3. The monoisotopic (exact) mass is 391 g/mol. The average molecular weight is 391 g/mol. The highest BCUT2D eigenvalue weighted by atomic mass is 19.3. The van der Waals surface area contributed by atoms with Crippen LogP contribution < -0.4 is 20.1 Å². The Morgan fingerprint density at radius 3 is 2.79 bits per heavy atom. The smallest absolute Gasteiger partial charge is 0.387 e. The summed E-state index contributed by atoms with van der Waals surface area (Å²) in [5.41, 5.74) is 1.56. The lowest BCUT2D eigenvalue weighted by molar-refractivity contribution is -0.0493. The number of alkyl halides is 2. The lowest BCUT2D eigenvalue weighted by Gasteiger charge is -2.17. The van der Waals surface area contributed by atoms with Gasteiger partial charge in [-0.15, -0.1) is 0 Å². The molecule has 2 N–H and O–H groups in total. The van der Waals surface area contributed by atoms with E-state index in [-0.39, 0.29) is 24.1 Å². The number of pyridine rings is 1. The van der Waals surface area contributed by atoms with Crippen LogP contribution in [0, 0.1) is 6.92 Å². The summed E-state index contributed by atoms with van der Waals surface area (Å²) in [7, 11) is 0. The van der Waals surface area contributed by atoms with Gasteiger partial charge in [0.2, 0.25) is 5.88 Å². The Morgan fingerprint density at radius 2 is 2.04 bits per heavy atom. The molecule has 0 saturated heterocycles. The molecule has 1 fully saturated rings. The Labute approximate surface area is 162 Å². The number of benzene rings is 1. The van der Waals surface area contributed by atoms with Gasteiger partial charge < -0.3 is 20.1 Å². The van der Waals surface area contributed by atoms with Gasteiger partial charge in [-0.3, -0.25) is 0 Å². The van der Waals surface area contributed by atoms with Crippen molar-refractivity contribution in [2.24, 2.45) is 0 Å². The normalized spacial score (nSPS) is 14.1. The Bertz CT molecular complexity index is 811. The summed E-state index contributed by atoms with van der Waals surface area (Å²) >= 11 is 0. The zero-order valence-electron chi connectivity index (χ0n) is 15.6. The summed E-state index contributed by atoms with van der Waals surface area (Å²) in [5.74, 6) is 0.420. The number of urea groups is 1. The number of aryl methyl sites for hydroxylation is 1. The number of nitrogens with zero attached hydrogens (tertiary/aromatic N) is 1. The van der Waals surface area contributed by atoms with Gasteiger partial charge in [-0.25, -0.2) is 9.78 Å². The van der Waals surface area contributed by atoms with E-state index in [9.17, 15) is 13.6 Å². The van der Waals surface area contributed by atoms with Crippen LogP contribution in [0.2, 0.25) is 0 Å². The first-order valence-electron chi connectivity index (χ1n) is 9.22. The number of aromatic nitrogens is 1. The topological polar surface area (TPSA) is 72.5 Å². The molecule has 2 aromatic rings. The predicted octanol–water partition coefficient (Wildman–Crippen LogP) is 4.63. The molecule has 3 rings (SSSR count). The highest BCUT2D eigenvalue weighted by Crippen LogP contribution is 2.29. The van der Waals surface area contributed by atoms with Gasteiger partial charge >= 0.3 is 12.6 Å². The minimum absolute atomic E-state index is 0.0863. The molecule has 0 atom stereocenters. The number of anilines is 1. The quantitative estimate of drug-likeness (QED) is 0.722. The molecule has 0 unspecified atom stereocenters. The molecule has 1 aliphatic rings. The summed E-state index contributed by atoms with van der Waals surface area (Å²) in [6.07, 6.45) is 6.10. The van der Waals surface area contributed by atoms with Crippen molar-refractivity contribution in [1.29, 1.82) is 0 Å². The molecule has 28 heavy (non-hydrogen) atoms. The van der Waals surface area contributed by atoms with Crippen molar-refractivity contribution in [2.75, 3.05) is 5.32 Å². The van der Waals surface area contributed by atoms with Crippen molar-refractivity contribution in [3.05, 3.63) is 47.7 Å². The van der Waals surface area contributed by atoms with Crippen molar-refractivity contribution in [1.82, 2.24) is 10.3 Å². The number of carbonyl (C=O) groups is 1. The van der Waals surface area contributed by atoms with Gasteiger partial charge in [0.15, 0.2) is 0 Å². The number of hydrogen-bond acceptors (Lipinski definition) is 4. The number of halogens is 2. The molecule has 8 heteroatoms. The third-order valence-corrected chi connectivity index (χ3v) is 4.56. The van der Waals surface area contributed by atoms with Crippen LogP contribution >= 0.6 is 0 Å². The zero-order valence-corrected chi connectivity index (χ0v) is 15.6. The van der Waals surface area contributed by atoms with Crippen molar-refractivity contribution in [3.8, 4) is 11.6 Å². The van der Waals surface area contributed by atoms with Crippen molar-refractivity contribution >= 4 is 11.7 Å². The predicted molar refractivity (Wildman–Crippen MR) is 101 cm³/mol. The van der Waals surface area contributed by atoms with Crippen LogP contribution in [0.15, 0.2) is 36.5 Å². The first-order chi connectivity index (χ1) is 13.5. The van der Waals surface area contributed by atoms with E-state index >= 15 is 0 Å². The first kappa shape index (κ1) is 19.9. The lowest BCUT2D eigenvalue weighted by Crippen LogP contribution is -2.29. The highest BCUT2D eigenvalue weighted by Gasteiger charge is 2.19. The van der Waals surface area contributed by atoms with E-state index < -0.39 is 12.6 Å². The molecule has 0 aliphatic heterocycles. The van der Waals surface area contributed by atoms with E-state index in [0.717, 1.165) is 31.2 Å². The van der Waals surface area contributed by atoms with Gasteiger partial charge in [-0.05, 0) is 50.3 Å². The maximum Gasteiger partial charge on any atom is 0.387 e. The van der Waals surface area contributed by atoms with Crippen LogP contribution in [-0.4, -0.2) is 23.7 Å². The number of carbonyl (C=O) groups excluding carboxylic acids is 1. The molecule has 1 aromatic heterocycles. The number of para-hydroxylation sites is 1. The van der Waals surface area contributed by atoms with E-state index in [4.69, 9.17) is 4.74 Å². The van der Waals surface area contributed by atoms with Crippen molar-refractivity contribution in [2.45, 2.75) is 51.9 Å². The third kappa shape index (κ3) is 5.31. The number of nitrogens with one attached hydrogen (secondary N) is 2.